The summed E-state index contributed by atoms with van der Waals surface area (Å²) in [6.45, 7) is 8.69. The van der Waals surface area contributed by atoms with Crippen molar-refractivity contribution in [2.45, 2.75) is 59.2 Å². The molecule has 0 bridgehead atoms. The van der Waals surface area contributed by atoms with Gasteiger partial charge in [0.05, 0.1) is 0 Å². The van der Waals surface area contributed by atoms with Crippen LogP contribution in [0.1, 0.15) is 49.5 Å². The molecular weight excluding hydrogens is 409 g/mol. The van der Waals surface area contributed by atoms with E-state index in [9.17, 15) is 18.0 Å². The second-order valence-electron chi connectivity index (χ2n) is 8.11. The van der Waals surface area contributed by atoms with Crippen LogP contribution in [0.15, 0.2) is 0 Å². The quantitative estimate of drug-likeness (QED) is 0.802. The van der Waals surface area contributed by atoms with Gasteiger partial charge >= 0.3 is 6.18 Å². The minimum atomic E-state index is -4.63. The van der Waals surface area contributed by atoms with Gasteiger partial charge in [0.15, 0.2) is 0 Å². The van der Waals surface area contributed by atoms with Gasteiger partial charge in [-0.15, -0.1) is 17.5 Å². The predicted octanol–water partition coefficient (Wildman–Crippen LogP) is 2.70. The standard InChI is InChI=1S/C18H25F3N6O.ClH/c1-10-12(5-6-14(28)26-8-7-13(22)17(3,4)9-26)11(2)27-16(23-10)24-15(25-27)18(19,20)21;/h13H,5-9,22H2,1-4H3;1H. The van der Waals surface area contributed by atoms with Crippen LogP contribution in [-0.4, -0.2) is 49.5 Å². The van der Waals surface area contributed by atoms with Crippen LogP contribution in [0.25, 0.3) is 5.78 Å². The number of carbonyl (C=O) groups excluding carboxylic acids is 1. The van der Waals surface area contributed by atoms with Crippen LogP contribution < -0.4 is 5.73 Å². The summed E-state index contributed by atoms with van der Waals surface area (Å²) < 4.78 is 39.7. The van der Waals surface area contributed by atoms with Gasteiger partial charge in [-0.1, -0.05) is 13.8 Å². The lowest BCUT2D eigenvalue weighted by Gasteiger charge is -2.42. The Bertz CT molecular complexity index is 911. The van der Waals surface area contributed by atoms with E-state index in [1.165, 1.54) is 0 Å². The lowest BCUT2D eigenvalue weighted by Crippen LogP contribution is -2.54. The number of likely N-dealkylation sites (tertiary alicyclic amines) is 1. The Morgan fingerprint density at radius 3 is 2.52 bits per heavy atom. The minimum Gasteiger partial charge on any atom is -0.342 e. The Balaban J connectivity index is 0.00000300. The summed E-state index contributed by atoms with van der Waals surface area (Å²) in [6.07, 6.45) is -3.25. The second kappa shape index (κ2) is 8.06. The molecule has 1 unspecified atom stereocenters. The molecule has 7 nitrogen and oxygen atoms in total. The first-order valence-electron chi connectivity index (χ1n) is 9.23. The summed E-state index contributed by atoms with van der Waals surface area (Å²) in [5.74, 6) is -1.31. The molecule has 2 N–H and O–H groups in total. The summed E-state index contributed by atoms with van der Waals surface area (Å²) in [4.78, 5) is 22.1. The number of nitrogens with two attached hydrogens (primary N) is 1. The average molecular weight is 435 g/mol. The number of nitrogens with zero attached hydrogens (tertiary/aromatic N) is 5. The third-order valence-corrected chi connectivity index (χ3v) is 5.56. The van der Waals surface area contributed by atoms with Crippen molar-refractivity contribution in [3.05, 3.63) is 22.8 Å². The highest BCUT2D eigenvalue weighted by Crippen LogP contribution is 2.29. The minimum absolute atomic E-state index is 0. The normalized spacial score (nSPS) is 19.3. The highest BCUT2D eigenvalue weighted by Gasteiger charge is 2.37. The fourth-order valence-corrected chi connectivity index (χ4v) is 3.67. The number of aryl methyl sites for hydroxylation is 2. The molecule has 2 aromatic rings. The zero-order chi connectivity index (χ0) is 20.9. The van der Waals surface area contributed by atoms with Gasteiger partial charge in [0.1, 0.15) is 0 Å². The molecule has 1 atom stereocenters. The van der Waals surface area contributed by atoms with Gasteiger partial charge in [-0.2, -0.15) is 18.2 Å². The van der Waals surface area contributed by atoms with Crippen molar-refractivity contribution in [3.8, 4) is 0 Å². The molecule has 2 aromatic heterocycles. The number of halogens is 4. The molecule has 0 aromatic carbocycles. The fraction of sp³-hybridized carbons (Fsp3) is 0.667. The monoisotopic (exact) mass is 434 g/mol. The van der Waals surface area contributed by atoms with Crippen molar-refractivity contribution in [2.75, 3.05) is 13.1 Å². The third-order valence-electron chi connectivity index (χ3n) is 5.56. The van der Waals surface area contributed by atoms with Crippen LogP contribution in [-0.2, 0) is 17.4 Å². The molecule has 0 radical (unpaired) electrons. The topological polar surface area (TPSA) is 89.4 Å². The molecule has 0 saturated carbocycles. The maximum absolute atomic E-state index is 12.9. The number of piperidine rings is 1. The van der Waals surface area contributed by atoms with Crippen LogP contribution >= 0.6 is 12.4 Å². The first-order chi connectivity index (χ1) is 12.9. The van der Waals surface area contributed by atoms with Gasteiger partial charge in [0, 0.05) is 36.9 Å². The van der Waals surface area contributed by atoms with Crippen molar-refractivity contribution in [1.82, 2.24) is 24.5 Å². The Hall–Kier alpha value is -1.94. The Morgan fingerprint density at radius 1 is 1.28 bits per heavy atom. The average Bonchev–Trinajstić information content (AvgIpc) is 3.01. The van der Waals surface area contributed by atoms with Gasteiger partial charge < -0.3 is 10.6 Å². The number of carbonyl (C=O) groups is 1. The molecule has 1 amide bonds. The van der Waals surface area contributed by atoms with Gasteiger partial charge in [0.25, 0.3) is 11.6 Å². The van der Waals surface area contributed by atoms with E-state index in [1.54, 1.807) is 13.8 Å². The summed E-state index contributed by atoms with van der Waals surface area (Å²) >= 11 is 0. The van der Waals surface area contributed by atoms with E-state index < -0.39 is 12.0 Å². The van der Waals surface area contributed by atoms with E-state index in [0.717, 1.165) is 10.9 Å². The SMILES string of the molecule is Cc1nc2nc(C(F)(F)F)nn2c(C)c1CCC(=O)N1CCC(N)C(C)(C)C1.Cl. The number of amides is 1. The fourth-order valence-electron chi connectivity index (χ4n) is 3.67. The molecule has 11 heteroatoms. The third kappa shape index (κ3) is 4.63. The van der Waals surface area contributed by atoms with Crippen LogP contribution in [0.4, 0.5) is 13.2 Å². The largest absolute Gasteiger partial charge is 0.453 e. The van der Waals surface area contributed by atoms with E-state index in [0.29, 0.717) is 36.5 Å². The molecule has 0 spiro atoms. The van der Waals surface area contributed by atoms with Gasteiger partial charge in [-0.25, -0.2) is 9.50 Å². The van der Waals surface area contributed by atoms with Crippen LogP contribution in [0, 0.1) is 19.3 Å². The first-order valence-corrected chi connectivity index (χ1v) is 9.23. The van der Waals surface area contributed by atoms with E-state index >= 15 is 0 Å². The number of aromatic nitrogens is 4. The molecular formula is C18H26ClF3N6O. The van der Waals surface area contributed by atoms with E-state index in [1.807, 2.05) is 18.7 Å². The summed E-state index contributed by atoms with van der Waals surface area (Å²) in [5, 5.41) is 3.54. The van der Waals surface area contributed by atoms with Crippen molar-refractivity contribution >= 4 is 24.1 Å². The molecule has 3 rings (SSSR count). The number of rotatable bonds is 3. The van der Waals surface area contributed by atoms with Crippen molar-refractivity contribution < 1.29 is 18.0 Å². The highest BCUT2D eigenvalue weighted by molar-refractivity contribution is 5.85. The van der Waals surface area contributed by atoms with Gasteiger partial charge in [-0.3, -0.25) is 4.79 Å². The van der Waals surface area contributed by atoms with Gasteiger partial charge in [-0.05, 0) is 37.7 Å². The molecule has 1 aliphatic rings. The molecule has 3 heterocycles. The van der Waals surface area contributed by atoms with E-state index in [4.69, 9.17) is 5.73 Å². The van der Waals surface area contributed by atoms with Crippen molar-refractivity contribution in [3.63, 3.8) is 0 Å². The highest BCUT2D eigenvalue weighted by atomic mass is 35.5. The van der Waals surface area contributed by atoms with Crippen LogP contribution in [0.5, 0.6) is 0 Å². The Kier molecular flexibility index (Phi) is 6.49. The molecule has 162 valence electrons. The molecule has 0 aliphatic carbocycles. The van der Waals surface area contributed by atoms with Crippen LogP contribution in [0.2, 0.25) is 0 Å². The number of fused-ring (bicyclic) bond motifs is 1. The lowest BCUT2D eigenvalue weighted by molar-refractivity contribution is -0.144. The lowest BCUT2D eigenvalue weighted by atomic mass is 9.79. The number of alkyl halides is 3. The summed E-state index contributed by atoms with van der Waals surface area (Å²) in [6, 6.07) is 0.0581. The predicted molar refractivity (Wildman–Crippen MR) is 104 cm³/mol. The van der Waals surface area contributed by atoms with E-state index in [-0.39, 0.29) is 42.0 Å². The summed E-state index contributed by atoms with van der Waals surface area (Å²) in [7, 11) is 0. The molecule has 1 fully saturated rings. The van der Waals surface area contributed by atoms with Gasteiger partial charge in [0.2, 0.25) is 5.91 Å². The second-order valence-corrected chi connectivity index (χ2v) is 8.11. The Morgan fingerprint density at radius 2 is 1.93 bits per heavy atom. The molecule has 1 saturated heterocycles. The summed E-state index contributed by atoms with van der Waals surface area (Å²) in [5.41, 5.74) is 7.76. The smallest absolute Gasteiger partial charge is 0.342 e. The number of hydrogen-bond acceptors (Lipinski definition) is 5. The maximum atomic E-state index is 12.9. The zero-order valence-electron chi connectivity index (χ0n) is 16.9. The first kappa shape index (κ1) is 23.3. The van der Waals surface area contributed by atoms with Crippen molar-refractivity contribution in [2.24, 2.45) is 11.1 Å². The zero-order valence-corrected chi connectivity index (χ0v) is 17.7. The van der Waals surface area contributed by atoms with Crippen LogP contribution in [0.3, 0.4) is 0 Å². The molecule has 1 aliphatic heterocycles. The Labute approximate surface area is 173 Å². The maximum Gasteiger partial charge on any atom is 0.453 e. The van der Waals surface area contributed by atoms with E-state index in [2.05, 4.69) is 15.1 Å². The van der Waals surface area contributed by atoms with Crippen molar-refractivity contribution in [1.29, 1.82) is 0 Å². The molecule has 29 heavy (non-hydrogen) atoms. The number of hydrogen-bond donors (Lipinski definition) is 1.